The Morgan fingerprint density at radius 3 is 2.79 bits per heavy atom. The second-order valence-corrected chi connectivity index (χ2v) is 8.25. The standard InChI is InChI=1S/C24H33N3O2/c1-4-29-23(28)24(13-8-12-21-10-6-5-7-11-21)14-9-15-26(19-24)17-22-16-25-27(18-22)20(2)3/h5-8,10-12,16,18,20H,4,9,13-15,17,19H2,1-3H3/b12-8+. The van der Waals surface area contributed by atoms with Gasteiger partial charge >= 0.3 is 5.97 Å². The van der Waals surface area contributed by atoms with Crippen molar-refractivity contribution in [2.24, 2.45) is 5.41 Å². The minimum absolute atomic E-state index is 0.0692. The number of nitrogens with zero attached hydrogens (tertiary/aromatic N) is 3. The van der Waals surface area contributed by atoms with Gasteiger partial charge in [-0.1, -0.05) is 42.5 Å². The first kappa shape index (κ1) is 21.3. The molecule has 0 saturated carbocycles. The van der Waals surface area contributed by atoms with E-state index in [-0.39, 0.29) is 5.97 Å². The first-order valence-corrected chi connectivity index (χ1v) is 10.7. The Labute approximate surface area is 174 Å². The predicted molar refractivity (Wildman–Crippen MR) is 116 cm³/mol. The number of carbonyl (C=O) groups excluding carboxylic acids is 1. The molecule has 1 aliphatic rings. The van der Waals surface area contributed by atoms with Crippen molar-refractivity contribution < 1.29 is 9.53 Å². The van der Waals surface area contributed by atoms with Crippen LogP contribution in [0.3, 0.4) is 0 Å². The third-order valence-electron chi connectivity index (χ3n) is 5.57. The molecule has 3 rings (SSSR count). The average Bonchev–Trinajstić information content (AvgIpc) is 3.18. The molecule has 1 saturated heterocycles. The van der Waals surface area contributed by atoms with Crippen LogP contribution in [0, 0.1) is 5.41 Å². The molecule has 29 heavy (non-hydrogen) atoms. The lowest BCUT2D eigenvalue weighted by Gasteiger charge is -2.40. The van der Waals surface area contributed by atoms with Gasteiger partial charge in [-0.25, -0.2) is 0 Å². The molecule has 0 aliphatic carbocycles. The Kier molecular flexibility index (Phi) is 7.26. The van der Waals surface area contributed by atoms with Crippen molar-refractivity contribution in [3.8, 4) is 0 Å². The van der Waals surface area contributed by atoms with E-state index in [0.29, 0.717) is 19.1 Å². The van der Waals surface area contributed by atoms with Crippen LogP contribution in [-0.2, 0) is 16.1 Å². The number of carbonyl (C=O) groups is 1. The minimum atomic E-state index is -0.479. The topological polar surface area (TPSA) is 47.4 Å². The second-order valence-electron chi connectivity index (χ2n) is 8.25. The van der Waals surface area contributed by atoms with Gasteiger partial charge in [0.25, 0.3) is 0 Å². The number of likely N-dealkylation sites (tertiary alicyclic amines) is 1. The molecule has 0 radical (unpaired) electrons. The third-order valence-corrected chi connectivity index (χ3v) is 5.57. The average molecular weight is 396 g/mol. The summed E-state index contributed by atoms with van der Waals surface area (Å²) in [6, 6.07) is 10.6. The lowest BCUT2D eigenvalue weighted by Crippen LogP contribution is -2.48. The summed E-state index contributed by atoms with van der Waals surface area (Å²) >= 11 is 0. The van der Waals surface area contributed by atoms with Crippen LogP contribution in [-0.4, -0.2) is 40.3 Å². The van der Waals surface area contributed by atoms with E-state index in [1.807, 2.05) is 36.0 Å². The highest BCUT2D eigenvalue weighted by Crippen LogP contribution is 2.36. The summed E-state index contributed by atoms with van der Waals surface area (Å²) < 4.78 is 7.49. The molecule has 2 heterocycles. The summed E-state index contributed by atoms with van der Waals surface area (Å²) in [6.07, 6.45) is 10.8. The van der Waals surface area contributed by atoms with Crippen molar-refractivity contribution in [1.29, 1.82) is 0 Å². The molecule has 1 aliphatic heterocycles. The van der Waals surface area contributed by atoms with Crippen molar-refractivity contribution in [2.75, 3.05) is 19.7 Å². The zero-order valence-corrected chi connectivity index (χ0v) is 17.9. The van der Waals surface area contributed by atoms with Crippen LogP contribution in [0.1, 0.15) is 57.2 Å². The van der Waals surface area contributed by atoms with Crippen LogP contribution in [0.25, 0.3) is 6.08 Å². The summed E-state index contributed by atoms with van der Waals surface area (Å²) in [7, 11) is 0. The first-order chi connectivity index (χ1) is 14.0. The lowest BCUT2D eigenvalue weighted by atomic mass is 9.76. The van der Waals surface area contributed by atoms with Crippen molar-refractivity contribution in [3.63, 3.8) is 0 Å². The van der Waals surface area contributed by atoms with Gasteiger partial charge in [0.2, 0.25) is 0 Å². The highest BCUT2D eigenvalue weighted by Gasteiger charge is 2.42. The van der Waals surface area contributed by atoms with Gasteiger partial charge in [-0.05, 0) is 52.1 Å². The Hall–Kier alpha value is -2.40. The monoisotopic (exact) mass is 395 g/mol. The van der Waals surface area contributed by atoms with Crippen LogP contribution >= 0.6 is 0 Å². The minimum Gasteiger partial charge on any atom is -0.466 e. The number of benzene rings is 1. The van der Waals surface area contributed by atoms with E-state index >= 15 is 0 Å². The van der Waals surface area contributed by atoms with Crippen LogP contribution in [0.15, 0.2) is 48.8 Å². The molecule has 0 bridgehead atoms. The van der Waals surface area contributed by atoms with E-state index in [0.717, 1.165) is 38.0 Å². The van der Waals surface area contributed by atoms with Crippen LogP contribution in [0.4, 0.5) is 0 Å². The zero-order valence-electron chi connectivity index (χ0n) is 17.9. The van der Waals surface area contributed by atoms with Crippen LogP contribution in [0.5, 0.6) is 0 Å². The van der Waals surface area contributed by atoms with Gasteiger partial charge in [0, 0.05) is 30.9 Å². The number of hydrogen-bond donors (Lipinski definition) is 0. The lowest BCUT2D eigenvalue weighted by molar-refractivity contribution is -0.159. The summed E-state index contributed by atoms with van der Waals surface area (Å²) in [5.41, 5.74) is 1.87. The second kappa shape index (κ2) is 9.88. The van der Waals surface area contributed by atoms with E-state index in [1.54, 1.807) is 0 Å². The first-order valence-electron chi connectivity index (χ1n) is 10.7. The van der Waals surface area contributed by atoms with Crippen molar-refractivity contribution in [3.05, 3.63) is 59.9 Å². The molecular formula is C24H33N3O2. The van der Waals surface area contributed by atoms with Crippen LogP contribution < -0.4 is 0 Å². The van der Waals surface area contributed by atoms with Gasteiger partial charge in [-0.3, -0.25) is 14.4 Å². The number of ether oxygens (including phenoxy) is 1. The number of rotatable bonds is 8. The summed E-state index contributed by atoms with van der Waals surface area (Å²) in [5.74, 6) is -0.0692. The number of esters is 1. The maximum absolute atomic E-state index is 13.0. The fraction of sp³-hybridized carbons (Fsp3) is 0.500. The maximum Gasteiger partial charge on any atom is 0.313 e. The predicted octanol–water partition coefficient (Wildman–Crippen LogP) is 4.71. The van der Waals surface area contributed by atoms with E-state index in [4.69, 9.17) is 4.74 Å². The molecule has 1 aromatic heterocycles. The SMILES string of the molecule is CCOC(=O)C1(C/C=C/c2ccccc2)CCCN(Cc2cnn(C(C)C)c2)C1. The Morgan fingerprint density at radius 2 is 2.10 bits per heavy atom. The highest BCUT2D eigenvalue weighted by atomic mass is 16.5. The van der Waals surface area contributed by atoms with E-state index in [2.05, 4.69) is 54.3 Å². The van der Waals surface area contributed by atoms with Gasteiger partial charge in [-0.2, -0.15) is 5.10 Å². The van der Waals surface area contributed by atoms with Crippen molar-refractivity contribution >= 4 is 12.0 Å². The van der Waals surface area contributed by atoms with E-state index in [1.165, 1.54) is 5.56 Å². The summed E-state index contributed by atoms with van der Waals surface area (Å²) in [6.45, 7) is 9.09. The molecule has 5 heteroatoms. The number of piperidine rings is 1. The largest absolute Gasteiger partial charge is 0.466 e. The van der Waals surface area contributed by atoms with E-state index in [9.17, 15) is 4.79 Å². The van der Waals surface area contributed by atoms with Gasteiger partial charge in [0.1, 0.15) is 0 Å². The van der Waals surface area contributed by atoms with Gasteiger partial charge in [0.05, 0.1) is 18.2 Å². The molecule has 5 nitrogen and oxygen atoms in total. The molecule has 156 valence electrons. The Morgan fingerprint density at radius 1 is 1.31 bits per heavy atom. The molecule has 1 unspecified atom stereocenters. The molecule has 0 N–H and O–H groups in total. The smallest absolute Gasteiger partial charge is 0.313 e. The van der Waals surface area contributed by atoms with Gasteiger partial charge < -0.3 is 4.74 Å². The molecule has 0 amide bonds. The Bertz CT molecular complexity index is 813. The van der Waals surface area contributed by atoms with E-state index < -0.39 is 5.41 Å². The fourth-order valence-corrected chi connectivity index (χ4v) is 4.05. The van der Waals surface area contributed by atoms with Gasteiger partial charge in [0.15, 0.2) is 0 Å². The quantitative estimate of drug-likeness (QED) is 0.607. The Balaban J connectivity index is 1.72. The fourth-order valence-electron chi connectivity index (χ4n) is 4.05. The number of aromatic nitrogens is 2. The highest BCUT2D eigenvalue weighted by molar-refractivity contribution is 5.77. The van der Waals surface area contributed by atoms with Crippen molar-refractivity contribution in [1.82, 2.24) is 14.7 Å². The molecular weight excluding hydrogens is 362 g/mol. The number of allylic oxidation sites excluding steroid dienone is 1. The molecule has 2 aromatic rings. The van der Waals surface area contributed by atoms with Crippen LogP contribution in [0.2, 0.25) is 0 Å². The third kappa shape index (κ3) is 5.57. The molecule has 1 aromatic carbocycles. The maximum atomic E-state index is 13.0. The normalized spacial score (nSPS) is 20.4. The molecule has 1 atom stereocenters. The number of hydrogen-bond acceptors (Lipinski definition) is 4. The molecule has 1 fully saturated rings. The zero-order chi connectivity index (χ0) is 20.7. The summed E-state index contributed by atoms with van der Waals surface area (Å²) in [4.78, 5) is 15.3. The molecule has 0 spiro atoms. The van der Waals surface area contributed by atoms with Gasteiger partial charge in [-0.15, -0.1) is 0 Å². The van der Waals surface area contributed by atoms with Crippen molar-refractivity contribution in [2.45, 2.75) is 52.6 Å². The summed E-state index contributed by atoms with van der Waals surface area (Å²) in [5, 5.41) is 4.45.